The van der Waals surface area contributed by atoms with Gasteiger partial charge in [0.05, 0.1) is 0 Å². The molecule has 0 aliphatic carbocycles. The van der Waals surface area contributed by atoms with Crippen molar-refractivity contribution in [3.63, 3.8) is 0 Å². The molecule has 0 saturated carbocycles. The molecule has 0 aromatic rings. The summed E-state index contributed by atoms with van der Waals surface area (Å²) in [4.78, 5) is 68.8. The van der Waals surface area contributed by atoms with E-state index in [1.807, 2.05) is 0 Å². The van der Waals surface area contributed by atoms with Crippen molar-refractivity contribution in [1.29, 1.82) is 0 Å². The fraction of sp³-hybridized carbons (Fsp3) is 0. The van der Waals surface area contributed by atoms with Gasteiger partial charge in [0.15, 0.2) is 0 Å². The maximum absolute atomic E-state index is 8.77. The first-order valence-corrected chi connectivity index (χ1v) is 6.89. The Bertz CT molecular complexity index is 208. The third kappa shape index (κ3) is 548. The van der Waals surface area contributed by atoms with Crippen LogP contribution in [0, 0.1) is 0 Å². The summed E-state index contributed by atoms with van der Waals surface area (Å²) in [5.41, 5.74) is 0. The van der Waals surface area contributed by atoms with Gasteiger partial charge in [-0.25, -0.2) is 0 Å². The van der Waals surface area contributed by atoms with E-state index in [9.17, 15) is 0 Å². The Labute approximate surface area is 167 Å². The van der Waals surface area contributed by atoms with E-state index in [1.165, 1.54) is 0 Å². The summed E-state index contributed by atoms with van der Waals surface area (Å²) in [6, 6.07) is 0. The summed E-state index contributed by atoms with van der Waals surface area (Å²) in [6.45, 7) is 0. The second-order valence-corrected chi connectivity index (χ2v) is 4.42. The molecule has 12 nitrogen and oxygen atoms in total. The zero-order valence-corrected chi connectivity index (χ0v) is 16.2. The summed E-state index contributed by atoms with van der Waals surface area (Å²) in [5.74, 6) is 0. The van der Waals surface area contributed by atoms with Crippen molar-refractivity contribution in [3.05, 3.63) is 0 Å². The smallest absolute Gasteiger partial charge is 0.756 e. The Morgan fingerprint density at radius 2 is 0.588 bits per heavy atom. The Hall–Kier alpha value is 3.23. The van der Waals surface area contributed by atoms with Gasteiger partial charge in [0.25, 0.3) is 23.5 Å². The van der Waals surface area contributed by atoms with Crippen LogP contribution in [0.25, 0.3) is 0 Å². The van der Waals surface area contributed by atoms with Gasteiger partial charge in [-0.05, 0) is 0 Å². The molecular weight excluding hydrogens is 364 g/mol. The van der Waals surface area contributed by atoms with Gasteiger partial charge in [-0.3, -0.25) is 13.7 Å². The fourth-order valence-corrected chi connectivity index (χ4v) is 0. The SMILES string of the molecule is O=P([O-])(O)O.O=P([O-])(O)O.O=P([O-])(O)O.[Ca+2].[K+]. The summed E-state index contributed by atoms with van der Waals surface area (Å²) in [7, 11) is -14.7. The number of hydrogen-bond donors (Lipinski definition) is 6. The minimum atomic E-state index is -4.89. The Kier molecular flexibility index (Phi) is 26.9. The predicted molar refractivity (Wildman–Crippen MR) is 41.9 cm³/mol. The molecule has 0 unspecified atom stereocenters. The fourth-order valence-electron chi connectivity index (χ4n) is 0. The molecule has 0 rings (SSSR count). The molecule has 0 amide bonds. The second-order valence-electron chi connectivity index (χ2n) is 1.47. The van der Waals surface area contributed by atoms with Crippen molar-refractivity contribution in [2.75, 3.05) is 0 Å². The second kappa shape index (κ2) is 14.2. The molecule has 17 heavy (non-hydrogen) atoms. The van der Waals surface area contributed by atoms with Crippen molar-refractivity contribution in [1.82, 2.24) is 0 Å². The third-order valence-electron chi connectivity index (χ3n) is 0. The van der Waals surface area contributed by atoms with Crippen LogP contribution >= 0.6 is 23.5 Å². The van der Waals surface area contributed by atoms with Crippen molar-refractivity contribution < 1.29 is 109 Å². The topological polar surface area (TPSA) is 242 Å². The van der Waals surface area contributed by atoms with Crippen LogP contribution in [0.2, 0.25) is 0 Å². The number of rotatable bonds is 0. The largest absolute Gasteiger partial charge is 2.00 e. The molecule has 0 aliphatic heterocycles. The molecule has 0 aliphatic rings. The monoisotopic (exact) mass is 370 g/mol. The first-order chi connectivity index (χ1) is 6.00. The van der Waals surface area contributed by atoms with Gasteiger partial charge in [0.2, 0.25) is 0 Å². The van der Waals surface area contributed by atoms with Crippen LogP contribution < -0.4 is 66.1 Å². The van der Waals surface area contributed by atoms with E-state index in [0.717, 1.165) is 0 Å². The molecule has 17 heteroatoms. The molecule has 0 fully saturated rings. The van der Waals surface area contributed by atoms with Gasteiger partial charge in [0.1, 0.15) is 0 Å². The van der Waals surface area contributed by atoms with Crippen molar-refractivity contribution in [3.8, 4) is 0 Å². The predicted octanol–water partition coefficient (Wildman–Crippen LogP) is -8.06. The van der Waals surface area contributed by atoms with E-state index in [1.54, 1.807) is 0 Å². The van der Waals surface area contributed by atoms with Crippen LogP contribution in [-0.2, 0) is 13.7 Å². The molecule has 0 aromatic carbocycles. The molecule has 0 saturated heterocycles. The van der Waals surface area contributed by atoms with Crippen molar-refractivity contribution >= 4 is 61.2 Å². The molecular formula is H6CaKO12P3. The third-order valence-corrected chi connectivity index (χ3v) is 0. The molecule has 0 spiro atoms. The van der Waals surface area contributed by atoms with Gasteiger partial charge in [-0.1, -0.05) is 0 Å². The van der Waals surface area contributed by atoms with Crippen LogP contribution in [0.5, 0.6) is 0 Å². The molecule has 96 valence electrons. The van der Waals surface area contributed by atoms with E-state index in [4.69, 9.17) is 57.7 Å². The van der Waals surface area contributed by atoms with E-state index in [0.29, 0.717) is 0 Å². The standard InChI is InChI=1S/Ca.K.3H3O4P/c;;3*1-5(2,3)4/h;;3*(H3,1,2,3,4)/q+2;+1;;;/p-3. The molecule has 6 N–H and O–H groups in total. The van der Waals surface area contributed by atoms with Crippen LogP contribution in [0.15, 0.2) is 0 Å². The number of hydrogen-bond acceptors (Lipinski definition) is 6. The summed E-state index contributed by atoms with van der Waals surface area (Å²) < 4.78 is 26.3. The molecule has 0 heterocycles. The summed E-state index contributed by atoms with van der Waals surface area (Å²) in [6.07, 6.45) is 0. The molecule has 0 bridgehead atoms. The van der Waals surface area contributed by atoms with E-state index >= 15 is 0 Å². The summed E-state index contributed by atoms with van der Waals surface area (Å²) >= 11 is 0. The maximum Gasteiger partial charge on any atom is 2.00 e. The van der Waals surface area contributed by atoms with Gasteiger partial charge < -0.3 is 44.0 Å². The van der Waals surface area contributed by atoms with Gasteiger partial charge >= 0.3 is 89.1 Å². The Morgan fingerprint density at radius 3 is 0.588 bits per heavy atom. The average Bonchev–Trinajstić information content (AvgIpc) is 1.41. The van der Waals surface area contributed by atoms with Gasteiger partial charge in [-0.15, -0.1) is 0 Å². The Morgan fingerprint density at radius 1 is 0.588 bits per heavy atom. The normalized spacial score (nSPS) is 10.4. The minimum absolute atomic E-state index is 0. The van der Waals surface area contributed by atoms with Crippen molar-refractivity contribution in [2.45, 2.75) is 0 Å². The van der Waals surface area contributed by atoms with Crippen LogP contribution in [0.1, 0.15) is 0 Å². The average molecular weight is 370 g/mol. The quantitative estimate of drug-likeness (QED) is 0.172. The Balaban J connectivity index is -0.0000000400. The van der Waals surface area contributed by atoms with E-state index in [2.05, 4.69) is 0 Å². The van der Waals surface area contributed by atoms with E-state index < -0.39 is 23.5 Å². The van der Waals surface area contributed by atoms with E-state index in [-0.39, 0.29) is 89.1 Å². The number of phosphoric acid groups is 3. The maximum atomic E-state index is 8.77. The zero-order chi connectivity index (χ0) is 13.5. The molecule has 0 atom stereocenters. The summed E-state index contributed by atoms with van der Waals surface area (Å²) in [5, 5.41) is 0. The van der Waals surface area contributed by atoms with Gasteiger partial charge in [-0.2, -0.15) is 0 Å². The molecule has 0 aromatic heterocycles. The molecule has 0 radical (unpaired) electrons. The van der Waals surface area contributed by atoms with Crippen LogP contribution in [-0.4, -0.2) is 67.1 Å². The zero-order valence-electron chi connectivity index (χ0n) is 8.18. The van der Waals surface area contributed by atoms with Gasteiger partial charge in [0, 0.05) is 0 Å². The first-order valence-electron chi connectivity index (χ1n) is 2.30. The van der Waals surface area contributed by atoms with Crippen LogP contribution in [0.3, 0.4) is 0 Å². The van der Waals surface area contributed by atoms with Crippen LogP contribution in [0.4, 0.5) is 0 Å². The first kappa shape index (κ1) is 32.2. The minimum Gasteiger partial charge on any atom is -0.756 e. The van der Waals surface area contributed by atoms with Crippen molar-refractivity contribution in [2.24, 2.45) is 0 Å².